The van der Waals surface area contributed by atoms with Crippen molar-refractivity contribution in [3.8, 4) is 0 Å². The zero-order chi connectivity index (χ0) is 12.1. The summed E-state index contributed by atoms with van der Waals surface area (Å²) in [6.45, 7) is 3.81. The summed E-state index contributed by atoms with van der Waals surface area (Å²) in [5.41, 5.74) is 0. The first-order chi connectivity index (χ1) is 8.29. The van der Waals surface area contributed by atoms with Crippen molar-refractivity contribution in [2.24, 2.45) is 0 Å². The first-order valence-corrected chi connectivity index (χ1v) is 7.20. The average Bonchev–Trinajstić information content (AvgIpc) is 2.70. The zero-order valence-electron chi connectivity index (χ0n) is 10.3. The number of amides is 1. The van der Waals surface area contributed by atoms with Crippen LogP contribution < -0.4 is 10.6 Å². The second kappa shape index (κ2) is 6.17. The first kappa shape index (κ1) is 12.6. The van der Waals surface area contributed by atoms with Crippen LogP contribution in [0.2, 0.25) is 0 Å². The predicted molar refractivity (Wildman–Crippen MR) is 71.2 cm³/mol. The molecule has 0 saturated carbocycles. The van der Waals surface area contributed by atoms with E-state index in [2.05, 4.69) is 29.7 Å². The van der Waals surface area contributed by atoms with E-state index in [9.17, 15) is 4.79 Å². The lowest BCUT2D eigenvalue weighted by Crippen LogP contribution is -2.42. The Morgan fingerprint density at radius 3 is 3.00 bits per heavy atom. The van der Waals surface area contributed by atoms with E-state index < -0.39 is 0 Å². The van der Waals surface area contributed by atoms with Crippen LogP contribution >= 0.6 is 11.3 Å². The Kier molecular flexibility index (Phi) is 4.57. The number of nitrogens with one attached hydrogen (secondary N) is 2. The van der Waals surface area contributed by atoms with Crippen LogP contribution in [0.4, 0.5) is 0 Å². The zero-order valence-corrected chi connectivity index (χ0v) is 11.1. The van der Waals surface area contributed by atoms with E-state index in [0.717, 1.165) is 38.8 Å². The Morgan fingerprint density at radius 2 is 2.24 bits per heavy atom. The molecular weight excluding hydrogens is 232 g/mol. The normalized spacial score (nSPS) is 21.0. The summed E-state index contributed by atoms with van der Waals surface area (Å²) in [6.07, 6.45) is 4.27. The highest BCUT2D eigenvalue weighted by molar-refractivity contribution is 7.11. The fraction of sp³-hybridized carbons (Fsp3) is 0.615. The Labute approximate surface area is 107 Å². The maximum Gasteiger partial charge on any atom is 0.237 e. The van der Waals surface area contributed by atoms with Crippen LogP contribution in [0.3, 0.4) is 0 Å². The molecule has 0 radical (unpaired) electrons. The lowest BCUT2D eigenvalue weighted by atomic mass is 10.1. The molecule has 1 atom stereocenters. The number of carbonyl (C=O) groups excluding carboxylic acids is 1. The molecule has 1 aliphatic heterocycles. The number of aryl methyl sites for hydroxylation is 1. The number of hydrogen-bond donors (Lipinski definition) is 2. The van der Waals surface area contributed by atoms with Crippen LogP contribution in [0, 0.1) is 0 Å². The molecule has 1 fully saturated rings. The van der Waals surface area contributed by atoms with Crippen molar-refractivity contribution in [3.05, 3.63) is 21.9 Å². The van der Waals surface area contributed by atoms with E-state index in [1.807, 2.05) is 11.3 Å². The van der Waals surface area contributed by atoms with Gasteiger partial charge in [-0.1, -0.05) is 6.92 Å². The van der Waals surface area contributed by atoms with E-state index in [1.54, 1.807) is 0 Å². The van der Waals surface area contributed by atoms with Gasteiger partial charge in [0.25, 0.3) is 0 Å². The van der Waals surface area contributed by atoms with Crippen molar-refractivity contribution in [2.45, 2.75) is 45.2 Å². The Morgan fingerprint density at radius 1 is 1.41 bits per heavy atom. The van der Waals surface area contributed by atoms with Gasteiger partial charge in [-0.2, -0.15) is 0 Å². The van der Waals surface area contributed by atoms with Crippen LogP contribution in [-0.4, -0.2) is 18.5 Å². The van der Waals surface area contributed by atoms with Gasteiger partial charge >= 0.3 is 0 Å². The van der Waals surface area contributed by atoms with Crippen molar-refractivity contribution in [1.82, 2.24) is 10.6 Å². The average molecular weight is 252 g/mol. The van der Waals surface area contributed by atoms with Crippen LogP contribution in [0.5, 0.6) is 0 Å². The molecule has 1 amide bonds. The summed E-state index contributed by atoms with van der Waals surface area (Å²) >= 11 is 1.83. The molecular formula is C13H20N2OS. The highest BCUT2D eigenvalue weighted by Crippen LogP contribution is 2.17. The molecule has 1 aliphatic rings. The second-order valence-electron chi connectivity index (χ2n) is 4.44. The second-order valence-corrected chi connectivity index (χ2v) is 5.69. The molecule has 1 aromatic heterocycles. The van der Waals surface area contributed by atoms with Crippen molar-refractivity contribution in [2.75, 3.05) is 6.54 Å². The molecule has 1 saturated heterocycles. The number of hydrogen-bond acceptors (Lipinski definition) is 3. The van der Waals surface area contributed by atoms with Crippen molar-refractivity contribution in [1.29, 1.82) is 0 Å². The minimum absolute atomic E-state index is 0.00956. The molecule has 2 rings (SSSR count). The van der Waals surface area contributed by atoms with E-state index in [1.165, 1.54) is 9.75 Å². The molecule has 2 N–H and O–H groups in total. The molecule has 4 heteroatoms. The van der Waals surface area contributed by atoms with Gasteiger partial charge in [-0.25, -0.2) is 0 Å². The van der Waals surface area contributed by atoms with Gasteiger partial charge in [-0.3, -0.25) is 4.79 Å². The van der Waals surface area contributed by atoms with Gasteiger partial charge in [0, 0.05) is 22.8 Å². The summed E-state index contributed by atoms with van der Waals surface area (Å²) in [5, 5.41) is 6.31. The van der Waals surface area contributed by atoms with Crippen molar-refractivity contribution < 1.29 is 4.79 Å². The Hall–Kier alpha value is -0.870. The van der Waals surface area contributed by atoms with Crippen LogP contribution in [-0.2, 0) is 17.8 Å². The third-order valence-corrected chi connectivity index (χ3v) is 4.35. The van der Waals surface area contributed by atoms with E-state index in [4.69, 9.17) is 0 Å². The molecule has 2 heterocycles. The van der Waals surface area contributed by atoms with E-state index in [0.29, 0.717) is 0 Å². The summed E-state index contributed by atoms with van der Waals surface area (Å²) in [4.78, 5) is 14.5. The summed E-state index contributed by atoms with van der Waals surface area (Å²) in [5.74, 6) is 0.162. The van der Waals surface area contributed by atoms with Crippen LogP contribution in [0.1, 0.15) is 35.9 Å². The van der Waals surface area contributed by atoms with Crippen LogP contribution in [0.15, 0.2) is 12.1 Å². The van der Waals surface area contributed by atoms with Gasteiger partial charge in [-0.05, 0) is 37.8 Å². The van der Waals surface area contributed by atoms with E-state index >= 15 is 0 Å². The number of rotatable bonds is 4. The third-order valence-electron chi connectivity index (χ3n) is 3.12. The largest absolute Gasteiger partial charge is 0.355 e. The summed E-state index contributed by atoms with van der Waals surface area (Å²) < 4.78 is 0. The van der Waals surface area contributed by atoms with Crippen LogP contribution in [0.25, 0.3) is 0 Å². The predicted octanol–water partition coefficient (Wildman–Crippen LogP) is 2.07. The molecule has 3 nitrogen and oxygen atoms in total. The smallest absolute Gasteiger partial charge is 0.237 e. The topological polar surface area (TPSA) is 41.1 Å². The van der Waals surface area contributed by atoms with Gasteiger partial charge in [0.2, 0.25) is 5.91 Å². The maximum atomic E-state index is 11.7. The van der Waals surface area contributed by atoms with Gasteiger partial charge in [0.1, 0.15) is 0 Å². The van der Waals surface area contributed by atoms with Gasteiger partial charge < -0.3 is 10.6 Å². The standard InChI is InChI=1S/C13H20N2OS/c1-2-10-6-7-11(17-10)9-15-12-5-3-4-8-14-13(12)16/h6-7,12,15H,2-5,8-9H2,1H3,(H,14,16). The molecule has 1 unspecified atom stereocenters. The molecule has 0 aromatic carbocycles. The maximum absolute atomic E-state index is 11.7. The quantitative estimate of drug-likeness (QED) is 0.861. The molecule has 94 valence electrons. The molecule has 0 aliphatic carbocycles. The minimum atomic E-state index is -0.00956. The Bertz CT molecular complexity index is 375. The summed E-state index contributed by atoms with van der Waals surface area (Å²) in [7, 11) is 0. The Balaban J connectivity index is 1.85. The summed E-state index contributed by atoms with van der Waals surface area (Å²) in [6, 6.07) is 4.32. The van der Waals surface area contributed by atoms with Gasteiger partial charge in [-0.15, -0.1) is 11.3 Å². The molecule has 0 bridgehead atoms. The highest BCUT2D eigenvalue weighted by Gasteiger charge is 2.19. The molecule has 17 heavy (non-hydrogen) atoms. The monoisotopic (exact) mass is 252 g/mol. The number of thiophene rings is 1. The fourth-order valence-corrected chi connectivity index (χ4v) is 2.97. The van der Waals surface area contributed by atoms with Gasteiger partial charge in [0.15, 0.2) is 0 Å². The van der Waals surface area contributed by atoms with Gasteiger partial charge in [0.05, 0.1) is 6.04 Å². The first-order valence-electron chi connectivity index (χ1n) is 6.38. The lowest BCUT2D eigenvalue weighted by Gasteiger charge is -2.14. The molecule has 1 aromatic rings. The number of carbonyl (C=O) groups is 1. The van der Waals surface area contributed by atoms with Crippen molar-refractivity contribution in [3.63, 3.8) is 0 Å². The highest BCUT2D eigenvalue weighted by atomic mass is 32.1. The van der Waals surface area contributed by atoms with Crippen molar-refractivity contribution >= 4 is 17.2 Å². The van der Waals surface area contributed by atoms with E-state index in [-0.39, 0.29) is 11.9 Å². The minimum Gasteiger partial charge on any atom is -0.355 e. The lowest BCUT2D eigenvalue weighted by molar-refractivity contribution is -0.122. The SMILES string of the molecule is CCc1ccc(CNC2CCCCNC2=O)s1. The third kappa shape index (κ3) is 3.54. The fourth-order valence-electron chi connectivity index (χ4n) is 2.07. The molecule has 0 spiro atoms.